The number of rotatable bonds is 4. The first-order valence-corrected chi connectivity index (χ1v) is 7.74. The van der Waals surface area contributed by atoms with Crippen LogP contribution in [0.4, 0.5) is 0 Å². The van der Waals surface area contributed by atoms with Gasteiger partial charge in [0.1, 0.15) is 0 Å². The van der Waals surface area contributed by atoms with E-state index in [1.54, 1.807) is 7.05 Å². The number of piperidine rings is 1. The van der Waals surface area contributed by atoms with Crippen molar-refractivity contribution in [2.24, 2.45) is 11.8 Å². The topological polar surface area (TPSA) is 44.4 Å². The molecule has 1 aliphatic heterocycles. The zero-order valence-electron chi connectivity index (χ0n) is 12.8. The summed E-state index contributed by atoms with van der Waals surface area (Å²) in [5.41, 5.74) is 0. The van der Waals surface area contributed by atoms with Crippen molar-refractivity contribution in [3.05, 3.63) is 0 Å². The molecule has 3 atom stereocenters. The van der Waals surface area contributed by atoms with E-state index >= 15 is 0 Å². The van der Waals surface area contributed by atoms with E-state index in [9.17, 15) is 4.79 Å². The molecule has 19 heavy (non-hydrogen) atoms. The molecule has 0 aromatic rings. The van der Waals surface area contributed by atoms with E-state index in [-0.39, 0.29) is 11.9 Å². The van der Waals surface area contributed by atoms with Gasteiger partial charge in [0.2, 0.25) is 5.91 Å². The number of carbonyl (C=O) groups is 1. The number of likely N-dealkylation sites (N-methyl/N-ethyl adjacent to an activating group) is 1. The molecule has 3 unspecified atom stereocenters. The largest absolute Gasteiger partial charge is 0.358 e. The maximum atomic E-state index is 11.7. The van der Waals surface area contributed by atoms with Crippen molar-refractivity contribution in [1.29, 1.82) is 0 Å². The molecule has 2 fully saturated rings. The van der Waals surface area contributed by atoms with Gasteiger partial charge < -0.3 is 15.5 Å². The molecule has 0 aromatic heterocycles. The van der Waals surface area contributed by atoms with Crippen LogP contribution >= 0.6 is 0 Å². The van der Waals surface area contributed by atoms with E-state index in [4.69, 9.17) is 0 Å². The van der Waals surface area contributed by atoms with Crippen molar-refractivity contribution < 1.29 is 4.79 Å². The fourth-order valence-electron chi connectivity index (χ4n) is 3.75. The Morgan fingerprint density at radius 2 is 1.74 bits per heavy atom. The first kappa shape index (κ1) is 14.8. The van der Waals surface area contributed by atoms with Gasteiger partial charge >= 0.3 is 0 Å². The maximum absolute atomic E-state index is 11.7. The molecule has 4 heteroatoms. The minimum Gasteiger partial charge on any atom is -0.358 e. The normalized spacial score (nSPS) is 33.2. The van der Waals surface area contributed by atoms with E-state index < -0.39 is 0 Å². The number of hydrogen-bond acceptors (Lipinski definition) is 3. The smallest absolute Gasteiger partial charge is 0.236 e. The Labute approximate surface area is 117 Å². The molecule has 0 radical (unpaired) electrons. The molecular formula is C15H29N3O. The molecule has 2 bridgehead atoms. The molecule has 0 aromatic carbocycles. The molecule has 2 aliphatic rings. The molecule has 1 saturated carbocycles. The van der Waals surface area contributed by atoms with Gasteiger partial charge in [-0.1, -0.05) is 6.42 Å². The summed E-state index contributed by atoms with van der Waals surface area (Å²) >= 11 is 0. The predicted molar refractivity (Wildman–Crippen MR) is 78.0 cm³/mol. The van der Waals surface area contributed by atoms with Gasteiger partial charge in [-0.25, -0.2) is 0 Å². The Morgan fingerprint density at radius 3 is 2.21 bits per heavy atom. The molecule has 4 nitrogen and oxygen atoms in total. The van der Waals surface area contributed by atoms with Crippen molar-refractivity contribution in [2.45, 2.75) is 58.2 Å². The lowest BCUT2D eigenvalue weighted by atomic mass is 9.73. The van der Waals surface area contributed by atoms with E-state index in [0.717, 1.165) is 0 Å². The van der Waals surface area contributed by atoms with Gasteiger partial charge in [-0.3, -0.25) is 4.79 Å². The van der Waals surface area contributed by atoms with E-state index in [1.165, 1.54) is 32.4 Å². The minimum atomic E-state index is -0.0799. The first-order chi connectivity index (χ1) is 9.02. The lowest BCUT2D eigenvalue weighted by Gasteiger charge is -2.49. The Bertz CT molecular complexity index is 305. The Kier molecular flexibility index (Phi) is 4.85. The van der Waals surface area contributed by atoms with Crippen LogP contribution in [0.25, 0.3) is 0 Å². The Hall–Kier alpha value is -0.610. The molecule has 2 N–H and O–H groups in total. The summed E-state index contributed by atoms with van der Waals surface area (Å²) in [5.74, 6) is 1.52. The number of amides is 1. The summed E-state index contributed by atoms with van der Waals surface area (Å²) in [7, 11) is 1.71. The van der Waals surface area contributed by atoms with Crippen LogP contribution in [0.15, 0.2) is 0 Å². The standard InChI is InChI=1S/C15H29N3O/c1-10(2)18-8-12-6-5-7-13(9-18)14(12)17-11(3)15(19)16-4/h10-14,17H,5-9H2,1-4H3,(H,16,19). The van der Waals surface area contributed by atoms with Gasteiger partial charge in [-0.15, -0.1) is 0 Å². The first-order valence-electron chi connectivity index (χ1n) is 7.74. The van der Waals surface area contributed by atoms with Crippen molar-refractivity contribution in [1.82, 2.24) is 15.5 Å². The zero-order valence-corrected chi connectivity index (χ0v) is 12.8. The fourth-order valence-corrected chi connectivity index (χ4v) is 3.75. The second-order valence-electron chi connectivity index (χ2n) is 6.53. The van der Waals surface area contributed by atoms with Crippen molar-refractivity contribution in [3.63, 3.8) is 0 Å². The highest BCUT2D eigenvalue weighted by atomic mass is 16.2. The molecule has 1 saturated heterocycles. The van der Waals surface area contributed by atoms with E-state index in [0.29, 0.717) is 23.9 Å². The van der Waals surface area contributed by atoms with Gasteiger partial charge in [0.25, 0.3) is 0 Å². The Balaban J connectivity index is 2.00. The van der Waals surface area contributed by atoms with Gasteiger partial charge in [0.15, 0.2) is 0 Å². The predicted octanol–water partition coefficient (Wildman–Crippen LogP) is 1.22. The molecule has 0 spiro atoms. The molecule has 2 rings (SSSR count). The third-order valence-corrected chi connectivity index (χ3v) is 4.92. The average molecular weight is 267 g/mol. The summed E-state index contributed by atoms with van der Waals surface area (Å²) < 4.78 is 0. The lowest BCUT2D eigenvalue weighted by Crippen LogP contribution is -2.61. The number of nitrogens with one attached hydrogen (secondary N) is 2. The number of carbonyl (C=O) groups excluding carboxylic acids is 1. The minimum absolute atomic E-state index is 0.0799. The van der Waals surface area contributed by atoms with Crippen LogP contribution in [0.5, 0.6) is 0 Å². The van der Waals surface area contributed by atoms with E-state index in [2.05, 4.69) is 29.4 Å². The van der Waals surface area contributed by atoms with Crippen molar-refractivity contribution >= 4 is 5.91 Å². The molecular weight excluding hydrogens is 238 g/mol. The van der Waals surface area contributed by atoms with Gasteiger partial charge in [0, 0.05) is 32.2 Å². The second-order valence-corrected chi connectivity index (χ2v) is 6.53. The highest BCUT2D eigenvalue weighted by Crippen LogP contribution is 2.35. The summed E-state index contributed by atoms with van der Waals surface area (Å²) in [6.07, 6.45) is 3.96. The van der Waals surface area contributed by atoms with Crippen LogP contribution < -0.4 is 10.6 Å². The maximum Gasteiger partial charge on any atom is 0.236 e. The SMILES string of the molecule is CNC(=O)C(C)NC1C2CCCC1CN(C(C)C)C2. The summed E-state index contributed by atoms with van der Waals surface area (Å²) in [5, 5.41) is 6.33. The van der Waals surface area contributed by atoms with Crippen molar-refractivity contribution in [3.8, 4) is 0 Å². The van der Waals surface area contributed by atoms with E-state index in [1.807, 2.05) is 6.92 Å². The highest BCUT2D eigenvalue weighted by molar-refractivity contribution is 5.80. The van der Waals surface area contributed by atoms with Crippen LogP contribution in [0, 0.1) is 11.8 Å². The average Bonchev–Trinajstić information content (AvgIpc) is 2.36. The summed E-state index contributed by atoms with van der Waals surface area (Å²) in [4.78, 5) is 14.3. The quantitative estimate of drug-likeness (QED) is 0.805. The van der Waals surface area contributed by atoms with Crippen LogP contribution in [-0.4, -0.2) is 49.1 Å². The lowest BCUT2D eigenvalue weighted by molar-refractivity contribution is -0.123. The van der Waals surface area contributed by atoms with Crippen LogP contribution in [0.3, 0.4) is 0 Å². The number of hydrogen-bond donors (Lipinski definition) is 2. The Morgan fingerprint density at radius 1 is 1.16 bits per heavy atom. The molecule has 110 valence electrons. The van der Waals surface area contributed by atoms with Crippen LogP contribution in [-0.2, 0) is 4.79 Å². The molecule has 1 aliphatic carbocycles. The zero-order chi connectivity index (χ0) is 14.0. The summed E-state index contributed by atoms with van der Waals surface area (Å²) in [6, 6.07) is 1.08. The van der Waals surface area contributed by atoms with Crippen molar-refractivity contribution in [2.75, 3.05) is 20.1 Å². The van der Waals surface area contributed by atoms with Crippen LogP contribution in [0.1, 0.15) is 40.0 Å². The molecule has 1 heterocycles. The third-order valence-electron chi connectivity index (χ3n) is 4.92. The number of likely N-dealkylation sites (tertiary alicyclic amines) is 1. The number of fused-ring (bicyclic) bond motifs is 2. The summed E-state index contributed by atoms with van der Waals surface area (Å²) in [6.45, 7) is 8.93. The highest BCUT2D eigenvalue weighted by Gasteiger charge is 2.40. The second kappa shape index (κ2) is 6.23. The monoisotopic (exact) mass is 267 g/mol. The van der Waals surface area contributed by atoms with Gasteiger partial charge in [0.05, 0.1) is 6.04 Å². The van der Waals surface area contributed by atoms with Crippen LogP contribution in [0.2, 0.25) is 0 Å². The fraction of sp³-hybridized carbons (Fsp3) is 0.933. The van der Waals surface area contributed by atoms with Gasteiger partial charge in [-0.2, -0.15) is 0 Å². The molecule has 1 amide bonds. The van der Waals surface area contributed by atoms with Gasteiger partial charge in [-0.05, 0) is 45.4 Å². The number of nitrogens with zero attached hydrogens (tertiary/aromatic N) is 1. The third kappa shape index (κ3) is 3.29.